The number of hydrogen-bond donors (Lipinski definition) is 2. The summed E-state index contributed by atoms with van der Waals surface area (Å²) >= 11 is 0. The molecular formula is C15H17N3O3. The topological polar surface area (TPSA) is 84.1 Å². The van der Waals surface area contributed by atoms with Crippen LogP contribution in [0.15, 0.2) is 42.9 Å². The minimum absolute atomic E-state index is 0.322. The molecule has 0 aliphatic rings. The molecule has 2 aromatic rings. The van der Waals surface area contributed by atoms with Crippen molar-refractivity contribution in [3.63, 3.8) is 0 Å². The second kappa shape index (κ2) is 6.69. The molecule has 6 nitrogen and oxygen atoms in total. The molecule has 0 unspecified atom stereocenters. The van der Waals surface area contributed by atoms with Crippen LogP contribution in [0.3, 0.4) is 0 Å². The molecule has 0 saturated carbocycles. The Morgan fingerprint density at radius 3 is 2.57 bits per heavy atom. The van der Waals surface area contributed by atoms with E-state index in [0.717, 1.165) is 5.56 Å². The molecule has 0 aliphatic heterocycles. The SMILES string of the molecule is COC(=O)[C@H](C)[C@H](NC(=O)c1cnc[nH]1)c1ccccc1. The van der Waals surface area contributed by atoms with E-state index < -0.39 is 12.0 Å². The van der Waals surface area contributed by atoms with E-state index in [1.54, 1.807) is 6.92 Å². The Morgan fingerprint density at radius 2 is 2.00 bits per heavy atom. The van der Waals surface area contributed by atoms with Gasteiger partial charge in [-0.1, -0.05) is 30.3 Å². The number of carbonyl (C=O) groups excluding carboxylic acids is 2. The third-order valence-corrected chi connectivity index (χ3v) is 3.26. The normalized spacial score (nSPS) is 13.2. The van der Waals surface area contributed by atoms with E-state index in [9.17, 15) is 9.59 Å². The van der Waals surface area contributed by atoms with Crippen LogP contribution in [-0.4, -0.2) is 29.0 Å². The molecule has 2 N–H and O–H groups in total. The molecule has 0 spiro atoms. The second-order valence-electron chi connectivity index (χ2n) is 4.64. The van der Waals surface area contributed by atoms with Crippen LogP contribution >= 0.6 is 0 Å². The van der Waals surface area contributed by atoms with Gasteiger partial charge in [-0.15, -0.1) is 0 Å². The fourth-order valence-corrected chi connectivity index (χ4v) is 2.08. The molecule has 110 valence electrons. The van der Waals surface area contributed by atoms with Gasteiger partial charge >= 0.3 is 5.97 Å². The molecule has 6 heteroatoms. The van der Waals surface area contributed by atoms with Crippen molar-refractivity contribution in [2.24, 2.45) is 5.92 Å². The van der Waals surface area contributed by atoms with Crippen LogP contribution in [0.1, 0.15) is 29.0 Å². The van der Waals surface area contributed by atoms with Gasteiger partial charge in [0.1, 0.15) is 5.69 Å². The number of nitrogens with zero attached hydrogens (tertiary/aromatic N) is 1. The molecule has 0 bridgehead atoms. The van der Waals surface area contributed by atoms with E-state index in [1.807, 2.05) is 30.3 Å². The van der Waals surface area contributed by atoms with E-state index in [4.69, 9.17) is 4.74 Å². The third kappa shape index (κ3) is 3.47. The number of nitrogens with one attached hydrogen (secondary N) is 2. The number of hydrogen-bond acceptors (Lipinski definition) is 4. The number of rotatable bonds is 5. The van der Waals surface area contributed by atoms with Gasteiger partial charge in [-0.25, -0.2) is 4.98 Å². The fraction of sp³-hybridized carbons (Fsp3) is 0.267. The van der Waals surface area contributed by atoms with E-state index in [-0.39, 0.29) is 11.9 Å². The molecule has 21 heavy (non-hydrogen) atoms. The number of H-pyrrole nitrogens is 1. The lowest BCUT2D eigenvalue weighted by Gasteiger charge is -2.23. The van der Waals surface area contributed by atoms with Gasteiger partial charge in [-0.3, -0.25) is 9.59 Å². The predicted octanol–water partition coefficient (Wildman–Crippen LogP) is 1.69. The summed E-state index contributed by atoms with van der Waals surface area (Å²) in [6, 6.07) is 8.83. The number of carbonyl (C=O) groups is 2. The van der Waals surface area contributed by atoms with Gasteiger partial charge < -0.3 is 15.0 Å². The lowest BCUT2D eigenvalue weighted by Crippen LogP contribution is -2.36. The Morgan fingerprint density at radius 1 is 1.29 bits per heavy atom. The Bertz CT molecular complexity index is 596. The zero-order valence-corrected chi connectivity index (χ0v) is 11.9. The van der Waals surface area contributed by atoms with Gasteiger partial charge in [-0.2, -0.15) is 0 Å². The highest BCUT2D eigenvalue weighted by Crippen LogP contribution is 2.23. The Labute approximate surface area is 122 Å². The van der Waals surface area contributed by atoms with Gasteiger partial charge in [-0.05, 0) is 12.5 Å². The molecule has 1 aromatic carbocycles. The van der Waals surface area contributed by atoms with Crippen molar-refractivity contribution in [1.29, 1.82) is 0 Å². The molecule has 2 rings (SSSR count). The molecular weight excluding hydrogens is 270 g/mol. The zero-order valence-electron chi connectivity index (χ0n) is 11.9. The molecule has 0 saturated heterocycles. The number of aromatic amines is 1. The molecule has 1 heterocycles. The summed E-state index contributed by atoms with van der Waals surface area (Å²) in [7, 11) is 1.33. The quantitative estimate of drug-likeness (QED) is 0.820. The molecule has 0 fully saturated rings. The molecule has 0 aliphatic carbocycles. The molecule has 0 radical (unpaired) electrons. The molecule has 2 atom stereocenters. The van der Waals surface area contributed by atoms with Crippen LogP contribution in [0.25, 0.3) is 0 Å². The minimum Gasteiger partial charge on any atom is -0.469 e. The van der Waals surface area contributed by atoms with Gasteiger partial charge in [0.15, 0.2) is 0 Å². The highest BCUT2D eigenvalue weighted by atomic mass is 16.5. The first-order valence-corrected chi connectivity index (χ1v) is 6.55. The molecule has 1 amide bonds. The molecule has 1 aromatic heterocycles. The predicted molar refractivity (Wildman–Crippen MR) is 76.4 cm³/mol. The van der Waals surface area contributed by atoms with Crippen LogP contribution in [0.2, 0.25) is 0 Å². The number of aromatic nitrogens is 2. The van der Waals surface area contributed by atoms with E-state index in [2.05, 4.69) is 15.3 Å². The van der Waals surface area contributed by atoms with Crippen molar-refractivity contribution < 1.29 is 14.3 Å². The number of benzene rings is 1. The standard InChI is InChI=1S/C15H17N3O3/c1-10(15(20)21-2)13(11-6-4-3-5-7-11)18-14(19)12-8-16-9-17-12/h3-10,13H,1-2H3,(H,16,17)(H,18,19)/t10-,13+/m1/s1. The Hall–Kier alpha value is -2.63. The first-order chi connectivity index (χ1) is 10.1. The van der Waals surface area contributed by atoms with Crippen molar-refractivity contribution in [2.75, 3.05) is 7.11 Å². The summed E-state index contributed by atoms with van der Waals surface area (Å²) in [5.74, 6) is -1.21. The average molecular weight is 287 g/mol. The van der Waals surface area contributed by atoms with E-state index in [1.165, 1.54) is 19.6 Å². The monoisotopic (exact) mass is 287 g/mol. The highest BCUT2D eigenvalue weighted by molar-refractivity contribution is 5.92. The Kier molecular flexibility index (Phi) is 4.71. The summed E-state index contributed by atoms with van der Waals surface area (Å²) in [5.41, 5.74) is 1.18. The number of amides is 1. The summed E-state index contributed by atoms with van der Waals surface area (Å²) < 4.78 is 4.78. The van der Waals surface area contributed by atoms with Crippen molar-refractivity contribution in [1.82, 2.24) is 15.3 Å². The van der Waals surface area contributed by atoms with Gasteiger partial charge in [0.2, 0.25) is 0 Å². The highest BCUT2D eigenvalue weighted by Gasteiger charge is 2.28. The first-order valence-electron chi connectivity index (χ1n) is 6.55. The maximum absolute atomic E-state index is 12.2. The van der Waals surface area contributed by atoms with Crippen LogP contribution in [0, 0.1) is 5.92 Å². The minimum atomic E-state index is -0.510. The number of imidazole rings is 1. The maximum Gasteiger partial charge on any atom is 0.310 e. The van der Waals surface area contributed by atoms with Crippen LogP contribution in [0.5, 0.6) is 0 Å². The average Bonchev–Trinajstić information content (AvgIpc) is 3.06. The van der Waals surface area contributed by atoms with Crippen molar-refractivity contribution in [3.05, 3.63) is 54.1 Å². The van der Waals surface area contributed by atoms with E-state index >= 15 is 0 Å². The fourth-order valence-electron chi connectivity index (χ4n) is 2.08. The lowest BCUT2D eigenvalue weighted by molar-refractivity contribution is -0.145. The van der Waals surface area contributed by atoms with E-state index in [0.29, 0.717) is 5.69 Å². The van der Waals surface area contributed by atoms with Gasteiger partial charge in [0.05, 0.1) is 31.6 Å². The number of methoxy groups -OCH3 is 1. The number of ether oxygens (including phenoxy) is 1. The number of esters is 1. The summed E-state index contributed by atoms with van der Waals surface area (Å²) in [5, 5.41) is 2.84. The van der Waals surface area contributed by atoms with Crippen molar-refractivity contribution >= 4 is 11.9 Å². The third-order valence-electron chi connectivity index (χ3n) is 3.26. The van der Waals surface area contributed by atoms with Gasteiger partial charge in [0, 0.05) is 0 Å². The van der Waals surface area contributed by atoms with Crippen LogP contribution in [0.4, 0.5) is 0 Å². The van der Waals surface area contributed by atoms with Crippen LogP contribution in [-0.2, 0) is 9.53 Å². The lowest BCUT2D eigenvalue weighted by atomic mass is 9.94. The van der Waals surface area contributed by atoms with Crippen molar-refractivity contribution in [3.8, 4) is 0 Å². The Balaban J connectivity index is 2.24. The summed E-state index contributed by atoms with van der Waals surface area (Å²) in [4.78, 5) is 30.5. The maximum atomic E-state index is 12.2. The second-order valence-corrected chi connectivity index (χ2v) is 4.64. The summed E-state index contributed by atoms with van der Waals surface area (Å²) in [6.45, 7) is 1.72. The smallest absolute Gasteiger partial charge is 0.310 e. The van der Waals surface area contributed by atoms with Crippen LogP contribution < -0.4 is 5.32 Å². The zero-order chi connectivity index (χ0) is 15.2. The largest absolute Gasteiger partial charge is 0.469 e. The summed E-state index contributed by atoms with van der Waals surface area (Å²) in [6.07, 6.45) is 2.86. The van der Waals surface area contributed by atoms with Gasteiger partial charge in [0.25, 0.3) is 5.91 Å². The van der Waals surface area contributed by atoms with Crippen molar-refractivity contribution in [2.45, 2.75) is 13.0 Å². The first kappa shape index (κ1) is 14.8.